The monoisotopic (exact) mass is 395 g/mol. The molecule has 2 saturated heterocycles. The maximum absolute atomic E-state index is 12.5. The quantitative estimate of drug-likeness (QED) is 0.842. The van der Waals surface area contributed by atoms with Crippen molar-refractivity contribution in [2.24, 2.45) is 5.92 Å². The number of hydrogen-bond acceptors (Lipinski definition) is 5. The van der Waals surface area contributed by atoms with E-state index >= 15 is 0 Å². The van der Waals surface area contributed by atoms with Crippen molar-refractivity contribution in [1.82, 2.24) is 9.88 Å². The van der Waals surface area contributed by atoms with Crippen LogP contribution >= 0.6 is 0 Å². The van der Waals surface area contributed by atoms with Gasteiger partial charge in [0, 0.05) is 32.4 Å². The Labute approximate surface area is 172 Å². The van der Waals surface area contributed by atoms with Crippen LogP contribution in [0.1, 0.15) is 28.8 Å². The third kappa shape index (κ3) is 4.95. The molecule has 0 aliphatic carbocycles. The van der Waals surface area contributed by atoms with Crippen molar-refractivity contribution >= 4 is 11.7 Å². The minimum atomic E-state index is -0.305. The third-order valence-corrected chi connectivity index (χ3v) is 5.99. The van der Waals surface area contributed by atoms with E-state index in [0.717, 1.165) is 31.7 Å². The van der Waals surface area contributed by atoms with Gasteiger partial charge in [0.2, 0.25) is 0 Å². The lowest BCUT2D eigenvalue weighted by molar-refractivity contribution is 0.0302. The highest BCUT2D eigenvalue weighted by molar-refractivity contribution is 5.94. The summed E-state index contributed by atoms with van der Waals surface area (Å²) in [6.07, 6.45) is 3.99. The van der Waals surface area contributed by atoms with Crippen molar-refractivity contribution in [2.75, 3.05) is 44.3 Å². The second-order valence-electron chi connectivity index (χ2n) is 7.89. The van der Waals surface area contributed by atoms with Crippen molar-refractivity contribution in [1.29, 1.82) is 0 Å². The van der Waals surface area contributed by atoms with Gasteiger partial charge in [0.05, 0.1) is 24.9 Å². The molecule has 0 saturated carbocycles. The van der Waals surface area contributed by atoms with Gasteiger partial charge in [-0.25, -0.2) is 4.98 Å². The summed E-state index contributed by atoms with van der Waals surface area (Å²) in [7, 11) is 0. The average molecular weight is 396 g/mol. The van der Waals surface area contributed by atoms with E-state index in [-0.39, 0.29) is 12.0 Å². The molecule has 2 fully saturated rings. The number of aliphatic hydroxyl groups excluding tert-OH is 1. The Balaban J connectivity index is 1.30. The molecule has 1 N–H and O–H groups in total. The lowest BCUT2D eigenvalue weighted by atomic mass is 9.88. The highest BCUT2D eigenvalue weighted by Crippen LogP contribution is 2.26. The molecule has 1 atom stereocenters. The van der Waals surface area contributed by atoms with E-state index in [1.165, 1.54) is 5.56 Å². The summed E-state index contributed by atoms with van der Waals surface area (Å²) in [6.45, 7) is 4.23. The maximum Gasteiger partial charge on any atom is 0.255 e. The number of pyridine rings is 1. The summed E-state index contributed by atoms with van der Waals surface area (Å²) in [5.74, 6) is 1.24. The Morgan fingerprint density at radius 1 is 1.07 bits per heavy atom. The van der Waals surface area contributed by atoms with E-state index in [4.69, 9.17) is 4.74 Å². The Bertz CT molecular complexity index is 783. The minimum absolute atomic E-state index is 0.0232. The molecular formula is C23H29N3O3. The number of aromatic nitrogens is 1. The van der Waals surface area contributed by atoms with Gasteiger partial charge in [0.25, 0.3) is 5.91 Å². The van der Waals surface area contributed by atoms with Gasteiger partial charge < -0.3 is 19.6 Å². The molecule has 1 aromatic heterocycles. The van der Waals surface area contributed by atoms with Crippen LogP contribution in [0.4, 0.5) is 5.82 Å². The molecule has 4 rings (SSSR count). The zero-order valence-electron chi connectivity index (χ0n) is 16.7. The predicted octanol–water partition coefficient (Wildman–Crippen LogP) is 2.37. The van der Waals surface area contributed by atoms with E-state index in [1.54, 1.807) is 6.20 Å². The van der Waals surface area contributed by atoms with Crippen molar-refractivity contribution in [3.63, 3.8) is 0 Å². The van der Waals surface area contributed by atoms with Gasteiger partial charge in [-0.1, -0.05) is 30.3 Å². The number of amides is 1. The predicted molar refractivity (Wildman–Crippen MR) is 112 cm³/mol. The molecule has 29 heavy (non-hydrogen) atoms. The SMILES string of the molecule is O=C(c1ccc(N2CCC(C(O)Cc3ccccc3)CC2)nc1)N1CCOCC1. The Morgan fingerprint density at radius 2 is 1.79 bits per heavy atom. The van der Waals surface area contributed by atoms with E-state index in [2.05, 4.69) is 22.0 Å². The van der Waals surface area contributed by atoms with Crippen LogP contribution in [0.15, 0.2) is 48.7 Å². The molecule has 0 spiro atoms. The molecule has 1 amide bonds. The van der Waals surface area contributed by atoms with Crippen molar-refractivity contribution in [2.45, 2.75) is 25.4 Å². The number of rotatable bonds is 5. The fourth-order valence-corrected chi connectivity index (χ4v) is 4.18. The molecule has 0 bridgehead atoms. The first-order valence-electron chi connectivity index (χ1n) is 10.5. The molecule has 6 nitrogen and oxygen atoms in total. The molecule has 0 radical (unpaired) electrons. The molecule has 1 unspecified atom stereocenters. The van der Waals surface area contributed by atoms with E-state index < -0.39 is 0 Å². The fourth-order valence-electron chi connectivity index (χ4n) is 4.18. The number of carbonyl (C=O) groups excluding carboxylic acids is 1. The molecule has 1 aromatic carbocycles. The van der Waals surface area contributed by atoms with Crippen LogP contribution in [0.3, 0.4) is 0 Å². The van der Waals surface area contributed by atoms with E-state index in [1.807, 2.05) is 35.2 Å². The molecule has 3 heterocycles. The number of hydrogen-bond donors (Lipinski definition) is 1. The van der Waals surface area contributed by atoms with Gasteiger partial charge >= 0.3 is 0 Å². The largest absolute Gasteiger partial charge is 0.392 e. The topological polar surface area (TPSA) is 65.9 Å². The first-order chi connectivity index (χ1) is 14.2. The summed E-state index contributed by atoms with van der Waals surface area (Å²) < 4.78 is 5.31. The van der Waals surface area contributed by atoms with Gasteiger partial charge in [0.15, 0.2) is 0 Å². The summed E-state index contributed by atoms with van der Waals surface area (Å²) >= 11 is 0. The molecule has 2 aliphatic rings. The lowest BCUT2D eigenvalue weighted by Gasteiger charge is -2.35. The van der Waals surface area contributed by atoms with Crippen LogP contribution in [0, 0.1) is 5.92 Å². The summed E-state index contributed by atoms with van der Waals surface area (Å²) in [4.78, 5) is 21.1. The molecule has 2 aromatic rings. The summed E-state index contributed by atoms with van der Waals surface area (Å²) in [5, 5.41) is 10.6. The van der Waals surface area contributed by atoms with Gasteiger partial charge in [-0.2, -0.15) is 0 Å². The summed E-state index contributed by atoms with van der Waals surface area (Å²) in [5.41, 5.74) is 1.81. The van der Waals surface area contributed by atoms with Gasteiger partial charge in [-0.15, -0.1) is 0 Å². The number of carbonyl (C=O) groups is 1. The second-order valence-corrected chi connectivity index (χ2v) is 7.89. The summed E-state index contributed by atoms with van der Waals surface area (Å²) in [6, 6.07) is 14.0. The highest BCUT2D eigenvalue weighted by Gasteiger charge is 2.26. The molecular weight excluding hydrogens is 366 g/mol. The van der Waals surface area contributed by atoms with Crippen molar-refractivity contribution in [3.8, 4) is 0 Å². The molecule has 6 heteroatoms. The number of morpholine rings is 1. The standard InChI is InChI=1S/C23H29N3O3/c27-21(16-18-4-2-1-3-5-18)19-8-10-25(11-9-19)22-7-6-20(17-24-22)23(28)26-12-14-29-15-13-26/h1-7,17,19,21,27H,8-16H2. The lowest BCUT2D eigenvalue weighted by Crippen LogP contribution is -2.41. The minimum Gasteiger partial charge on any atom is -0.392 e. The Hall–Kier alpha value is -2.44. The number of benzene rings is 1. The Morgan fingerprint density at radius 3 is 2.45 bits per heavy atom. The van der Waals surface area contributed by atoms with E-state index in [9.17, 15) is 9.90 Å². The highest BCUT2D eigenvalue weighted by atomic mass is 16.5. The number of anilines is 1. The van der Waals surface area contributed by atoms with Crippen LogP contribution in [-0.2, 0) is 11.2 Å². The third-order valence-electron chi connectivity index (χ3n) is 5.99. The average Bonchev–Trinajstić information content (AvgIpc) is 2.80. The van der Waals surface area contributed by atoms with E-state index in [0.29, 0.717) is 44.2 Å². The first-order valence-corrected chi connectivity index (χ1v) is 10.5. The molecule has 154 valence electrons. The first kappa shape index (κ1) is 19.9. The second kappa shape index (κ2) is 9.37. The van der Waals surface area contributed by atoms with Crippen LogP contribution in [-0.4, -0.2) is 66.4 Å². The van der Waals surface area contributed by atoms with Gasteiger partial charge in [-0.05, 0) is 42.9 Å². The zero-order chi connectivity index (χ0) is 20.1. The number of aliphatic hydroxyl groups is 1. The number of ether oxygens (including phenoxy) is 1. The van der Waals surface area contributed by atoms with Crippen LogP contribution in [0.25, 0.3) is 0 Å². The zero-order valence-corrected chi connectivity index (χ0v) is 16.7. The van der Waals surface area contributed by atoms with Crippen LogP contribution < -0.4 is 4.90 Å². The van der Waals surface area contributed by atoms with Gasteiger partial charge in [0.1, 0.15) is 5.82 Å². The van der Waals surface area contributed by atoms with Crippen molar-refractivity contribution in [3.05, 3.63) is 59.8 Å². The molecule has 2 aliphatic heterocycles. The normalized spacial score (nSPS) is 19.2. The van der Waals surface area contributed by atoms with Crippen molar-refractivity contribution < 1.29 is 14.6 Å². The maximum atomic E-state index is 12.5. The Kier molecular flexibility index (Phi) is 6.42. The smallest absolute Gasteiger partial charge is 0.255 e. The van der Waals surface area contributed by atoms with Crippen LogP contribution in [0.5, 0.6) is 0 Å². The van der Waals surface area contributed by atoms with Gasteiger partial charge in [-0.3, -0.25) is 4.79 Å². The fraction of sp³-hybridized carbons (Fsp3) is 0.478. The van der Waals surface area contributed by atoms with Crippen LogP contribution in [0.2, 0.25) is 0 Å². The number of nitrogens with zero attached hydrogens (tertiary/aromatic N) is 3. The number of piperidine rings is 1.